The van der Waals surface area contributed by atoms with Crippen LogP contribution in [0.4, 0.5) is 10.1 Å². The first-order valence-corrected chi connectivity index (χ1v) is 13.2. The van der Waals surface area contributed by atoms with Crippen LogP contribution in [0.3, 0.4) is 0 Å². The van der Waals surface area contributed by atoms with Gasteiger partial charge < -0.3 is 30.5 Å². The van der Waals surface area contributed by atoms with Crippen molar-refractivity contribution in [1.82, 2.24) is 15.2 Å². The summed E-state index contributed by atoms with van der Waals surface area (Å²) in [7, 11) is 0. The summed E-state index contributed by atoms with van der Waals surface area (Å²) in [6.45, 7) is 2.70. The largest absolute Gasteiger partial charge is 0.508 e. The lowest BCUT2D eigenvalue weighted by molar-refractivity contribution is -0.117. The van der Waals surface area contributed by atoms with E-state index in [4.69, 9.17) is 17.0 Å². The van der Waals surface area contributed by atoms with Gasteiger partial charge in [0.25, 0.3) is 5.91 Å². The van der Waals surface area contributed by atoms with Gasteiger partial charge in [-0.3, -0.25) is 14.6 Å². The van der Waals surface area contributed by atoms with Gasteiger partial charge in [0.2, 0.25) is 5.91 Å². The number of ether oxygens (including phenoxy) is 1. The standard InChI is InChI=1S/C27H23FN4O5S2/c1-14(33)30-27(38)31-17-5-7-20(24(28)23(17)16-12-15(34)4-6-19(16)35)37-21-8-9-29-18-13-22(39-25(18)21)26(36)32-10-2-3-11-32/h4-9,12-13,34-35H,2-3,10-11H2,1H3,(H2,30,31,33,38). The Bertz CT molecular complexity index is 1620. The van der Waals surface area contributed by atoms with Gasteiger partial charge in [-0.1, -0.05) is 0 Å². The summed E-state index contributed by atoms with van der Waals surface area (Å²) in [4.78, 5) is 31.0. The maximum atomic E-state index is 16.1. The predicted octanol–water partition coefficient (Wildman–Crippen LogP) is 5.37. The number of rotatable bonds is 5. The summed E-state index contributed by atoms with van der Waals surface area (Å²) in [6, 6.07) is 9.81. The zero-order chi connectivity index (χ0) is 27.7. The number of aromatic nitrogens is 1. The van der Waals surface area contributed by atoms with Crippen LogP contribution in [0.5, 0.6) is 23.0 Å². The van der Waals surface area contributed by atoms with Crippen molar-refractivity contribution in [1.29, 1.82) is 0 Å². The molecule has 2 amide bonds. The van der Waals surface area contributed by atoms with E-state index in [1.54, 1.807) is 17.0 Å². The minimum absolute atomic E-state index is 0.0272. The molecule has 0 aliphatic carbocycles. The average molecular weight is 567 g/mol. The quantitative estimate of drug-likeness (QED) is 0.188. The molecule has 1 saturated heterocycles. The number of carbonyl (C=O) groups is 2. The summed E-state index contributed by atoms with van der Waals surface area (Å²) < 4.78 is 22.7. The zero-order valence-corrected chi connectivity index (χ0v) is 22.3. The first-order chi connectivity index (χ1) is 18.7. The van der Waals surface area contributed by atoms with Crippen LogP contribution in [0.1, 0.15) is 29.4 Å². The molecular weight excluding hydrogens is 543 g/mol. The lowest BCUT2D eigenvalue weighted by atomic mass is 10.0. The van der Waals surface area contributed by atoms with Crippen LogP contribution in [0.15, 0.2) is 48.7 Å². The van der Waals surface area contributed by atoms with Gasteiger partial charge in [0.1, 0.15) is 17.2 Å². The highest BCUT2D eigenvalue weighted by Crippen LogP contribution is 2.43. The first kappa shape index (κ1) is 26.3. The van der Waals surface area contributed by atoms with Crippen molar-refractivity contribution in [3.05, 3.63) is 59.4 Å². The number of amides is 2. The Kier molecular flexibility index (Phi) is 7.31. The van der Waals surface area contributed by atoms with Crippen LogP contribution in [0.25, 0.3) is 21.3 Å². The van der Waals surface area contributed by atoms with Crippen molar-refractivity contribution < 1.29 is 28.9 Å². The normalized spacial score (nSPS) is 12.9. The molecule has 12 heteroatoms. The van der Waals surface area contributed by atoms with Gasteiger partial charge in [-0.25, -0.2) is 4.39 Å². The van der Waals surface area contributed by atoms with Crippen molar-refractivity contribution >= 4 is 56.4 Å². The molecule has 4 aromatic rings. The molecule has 9 nitrogen and oxygen atoms in total. The third kappa shape index (κ3) is 5.47. The molecule has 0 saturated carbocycles. The zero-order valence-electron chi connectivity index (χ0n) is 20.7. The molecule has 0 unspecified atom stereocenters. The molecule has 2 aromatic heterocycles. The van der Waals surface area contributed by atoms with Gasteiger partial charge in [-0.05, 0) is 61.5 Å². The van der Waals surface area contributed by atoms with Crippen LogP contribution in [-0.2, 0) is 4.79 Å². The van der Waals surface area contributed by atoms with Crippen LogP contribution in [-0.4, -0.2) is 50.1 Å². The van der Waals surface area contributed by atoms with Crippen molar-refractivity contribution in [3.8, 4) is 34.1 Å². The van der Waals surface area contributed by atoms with Crippen LogP contribution >= 0.6 is 23.6 Å². The second-order valence-electron chi connectivity index (χ2n) is 8.87. The number of benzene rings is 2. The van der Waals surface area contributed by atoms with Crippen molar-refractivity contribution in [3.63, 3.8) is 0 Å². The molecule has 39 heavy (non-hydrogen) atoms. The highest BCUT2D eigenvalue weighted by Gasteiger charge is 2.24. The molecular formula is C27H23FN4O5S2. The second-order valence-corrected chi connectivity index (χ2v) is 10.3. The number of aromatic hydroxyl groups is 2. The fourth-order valence-corrected chi connectivity index (χ4v) is 5.62. The summed E-state index contributed by atoms with van der Waals surface area (Å²) in [5.74, 6) is -1.74. The Balaban J connectivity index is 1.55. The second kappa shape index (κ2) is 10.8. The number of nitrogens with zero attached hydrogens (tertiary/aromatic N) is 2. The Morgan fingerprint density at radius 3 is 2.62 bits per heavy atom. The van der Waals surface area contributed by atoms with Crippen molar-refractivity contribution in [2.75, 3.05) is 18.4 Å². The third-order valence-corrected chi connectivity index (χ3v) is 7.42. The number of hydrogen-bond donors (Lipinski definition) is 4. The molecule has 4 N–H and O–H groups in total. The monoisotopic (exact) mass is 566 g/mol. The topological polar surface area (TPSA) is 124 Å². The molecule has 200 valence electrons. The lowest BCUT2D eigenvalue weighted by Crippen LogP contribution is -2.32. The number of nitrogens with one attached hydrogen (secondary N) is 2. The molecule has 0 atom stereocenters. The van der Waals surface area contributed by atoms with Gasteiger partial charge in [0.15, 0.2) is 16.7 Å². The minimum atomic E-state index is -0.860. The SMILES string of the molecule is CC(=O)NC(=S)Nc1ccc(Oc2ccnc3cc(C(=O)N4CCCC4)sc23)c(F)c1-c1cc(O)ccc1O. The number of thiocarbonyl (C=S) groups is 1. The fourth-order valence-electron chi connectivity index (χ4n) is 4.34. The third-order valence-electron chi connectivity index (χ3n) is 6.09. The molecule has 0 spiro atoms. The van der Waals surface area contributed by atoms with E-state index in [-0.39, 0.29) is 45.1 Å². The Labute approximate surface area is 231 Å². The lowest BCUT2D eigenvalue weighted by Gasteiger charge is -2.17. The van der Waals surface area contributed by atoms with E-state index >= 15 is 4.39 Å². The van der Waals surface area contributed by atoms with Gasteiger partial charge in [-0.15, -0.1) is 11.3 Å². The maximum absolute atomic E-state index is 16.1. The number of thiophene rings is 1. The Morgan fingerprint density at radius 1 is 1.10 bits per heavy atom. The van der Waals surface area contributed by atoms with E-state index in [9.17, 15) is 19.8 Å². The molecule has 3 heterocycles. The number of phenols is 2. The molecule has 1 aliphatic heterocycles. The van der Waals surface area contributed by atoms with Crippen molar-refractivity contribution in [2.24, 2.45) is 0 Å². The van der Waals surface area contributed by atoms with E-state index < -0.39 is 11.7 Å². The fraction of sp³-hybridized carbons (Fsp3) is 0.185. The smallest absolute Gasteiger partial charge is 0.264 e. The van der Waals surface area contributed by atoms with Crippen molar-refractivity contribution in [2.45, 2.75) is 19.8 Å². The number of anilines is 1. The number of carbonyl (C=O) groups excluding carboxylic acids is 2. The van der Waals surface area contributed by atoms with Gasteiger partial charge >= 0.3 is 0 Å². The van der Waals surface area contributed by atoms with E-state index in [0.29, 0.717) is 33.9 Å². The number of hydrogen-bond acceptors (Lipinski definition) is 8. The van der Waals surface area contributed by atoms with Gasteiger partial charge in [-0.2, -0.15) is 0 Å². The van der Waals surface area contributed by atoms with Gasteiger partial charge in [0.05, 0.1) is 20.8 Å². The first-order valence-electron chi connectivity index (χ1n) is 12.0. The van der Waals surface area contributed by atoms with E-state index in [1.807, 2.05) is 0 Å². The Hall–Kier alpha value is -4.29. The molecule has 0 radical (unpaired) electrons. The molecule has 2 aromatic carbocycles. The van der Waals surface area contributed by atoms with E-state index in [0.717, 1.165) is 12.8 Å². The van der Waals surface area contributed by atoms with Crippen LogP contribution < -0.4 is 15.4 Å². The minimum Gasteiger partial charge on any atom is -0.508 e. The Morgan fingerprint density at radius 2 is 1.87 bits per heavy atom. The summed E-state index contributed by atoms with van der Waals surface area (Å²) in [5.41, 5.74) is 0.495. The predicted molar refractivity (Wildman–Crippen MR) is 150 cm³/mol. The van der Waals surface area contributed by atoms with Crippen LogP contribution in [0.2, 0.25) is 0 Å². The highest BCUT2D eigenvalue weighted by molar-refractivity contribution is 7.80. The van der Waals surface area contributed by atoms with Gasteiger partial charge in [0, 0.05) is 43.4 Å². The van der Waals surface area contributed by atoms with E-state index in [1.165, 1.54) is 54.8 Å². The number of halogens is 1. The molecule has 1 fully saturated rings. The average Bonchev–Trinajstić information content (AvgIpc) is 3.58. The number of pyridine rings is 1. The van der Waals surface area contributed by atoms with Crippen LogP contribution in [0, 0.1) is 5.82 Å². The number of fused-ring (bicyclic) bond motifs is 1. The number of likely N-dealkylation sites (tertiary alicyclic amines) is 1. The summed E-state index contributed by atoms with van der Waals surface area (Å²) >= 11 is 6.35. The maximum Gasteiger partial charge on any atom is 0.264 e. The summed E-state index contributed by atoms with van der Waals surface area (Å²) in [6.07, 6.45) is 3.45. The highest BCUT2D eigenvalue weighted by atomic mass is 32.1. The number of phenolic OH excluding ortho intramolecular Hbond substituents is 2. The van der Waals surface area contributed by atoms with E-state index in [2.05, 4.69) is 15.6 Å². The molecule has 0 bridgehead atoms. The molecule has 5 rings (SSSR count). The summed E-state index contributed by atoms with van der Waals surface area (Å²) in [5, 5.41) is 25.6. The molecule has 1 aliphatic rings.